The van der Waals surface area contributed by atoms with Crippen LogP contribution in [-0.4, -0.2) is 0 Å². The second-order valence-electron chi connectivity index (χ2n) is 4.68. The minimum absolute atomic E-state index is 1.02. The normalized spacial score (nSPS) is 10.1. The second-order valence-corrected chi connectivity index (χ2v) is 5.53. The predicted molar refractivity (Wildman–Crippen MR) is 93.6 cm³/mol. The summed E-state index contributed by atoms with van der Waals surface area (Å²) >= 11 is 3.62. The van der Waals surface area contributed by atoms with E-state index >= 15 is 0 Å². The molecule has 3 heteroatoms. The van der Waals surface area contributed by atoms with Crippen LogP contribution in [0.2, 0.25) is 0 Å². The first kappa shape index (κ1) is 13.7. The molecule has 0 radical (unpaired) electrons. The van der Waals surface area contributed by atoms with Crippen LogP contribution in [0.1, 0.15) is 0 Å². The molecule has 3 aromatic carbocycles. The largest absolute Gasteiger partial charge is 0.355 e. The lowest BCUT2D eigenvalue weighted by Crippen LogP contribution is -1.93. The van der Waals surface area contributed by atoms with E-state index in [2.05, 4.69) is 44.8 Å². The maximum Gasteiger partial charge on any atom is 0.0530 e. The maximum atomic E-state index is 3.62. The van der Waals surface area contributed by atoms with Gasteiger partial charge in [0.15, 0.2) is 0 Å². The van der Waals surface area contributed by atoms with Crippen LogP contribution in [0.15, 0.2) is 83.3 Å². The minimum atomic E-state index is 1.02. The van der Waals surface area contributed by atoms with Crippen molar-refractivity contribution in [1.29, 1.82) is 0 Å². The third-order valence-corrected chi connectivity index (χ3v) is 3.74. The molecule has 0 spiro atoms. The molecule has 104 valence electrons. The predicted octanol–water partition coefficient (Wildman–Crippen LogP) is 5.94. The number of nitrogens with one attached hydrogen (secondary N) is 2. The molecule has 0 heterocycles. The molecule has 0 aliphatic carbocycles. The summed E-state index contributed by atoms with van der Waals surface area (Å²) in [6.45, 7) is 0. The highest BCUT2D eigenvalue weighted by molar-refractivity contribution is 9.10. The van der Waals surface area contributed by atoms with Crippen molar-refractivity contribution in [3.05, 3.63) is 83.3 Å². The lowest BCUT2D eigenvalue weighted by molar-refractivity contribution is 1.49. The monoisotopic (exact) mass is 338 g/mol. The zero-order valence-electron chi connectivity index (χ0n) is 11.4. The van der Waals surface area contributed by atoms with Crippen molar-refractivity contribution in [3.63, 3.8) is 0 Å². The highest BCUT2D eigenvalue weighted by atomic mass is 79.9. The van der Waals surface area contributed by atoms with Crippen LogP contribution in [0.5, 0.6) is 0 Å². The molecule has 0 aliphatic heterocycles. The van der Waals surface area contributed by atoms with E-state index in [0.717, 1.165) is 27.2 Å². The fourth-order valence-corrected chi connectivity index (χ4v) is 2.54. The van der Waals surface area contributed by atoms with Gasteiger partial charge in [0.05, 0.1) is 5.69 Å². The zero-order valence-corrected chi connectivity index (χ0v) is 13.0. The Balaban J connectivity index is 1.77. The van der Waals surface area contributed by atoms with Crippen LogP contribution in [-0.2, 0) is 0 Å². The van der Waals surface area contributed by atoms with E-state index in [1.165, 1.54) is 0 Å². The van der Waals surface area contributed by atoms with E-state index < -0.39 is 0 Å². The molecule has 3 aromatic rings. The van der Waals surface area contributed by atoms with Crippen LogP contribution in [0.25, 0.3) is 0 Å². The Hall–Kier alpha value is -2.26. The van der Waals surface area contributed by atoms with Crippen molar-refractivity contribution in [2.45, 2.75) is 0 Å². The van der Waals surface area contributed by atoms with Gasteiger partial charge >= 0.3 is 0 Å². The van der Waals surface area contributed by atoms with Gasteiger partial charge in [-0.2, -0.15) is 0 Å². The first-order valence-electron chi connectivity index (χ1n) is 6.75. The minimum Gasteiger partial charge on any atom is -0.355 e. The van der Waals surface area contributed by atoms with Crippen LogP contribution in [0, 0.1) is 0 Å². The summed E-state index contributed by atoms with van der Waals surface area (Å²) < 4.78 is 1.02. The number of benzene rings is 3. The number of hydrogen-bond donors (Lipinski definition) is 2. The van der Waals surface area contributed by atoms with Gasteiger partial charge in [-0.25, -0.2) is 0 Å². The molecular formula is C18H15BrN2. The smallest absolute Gasteiger partial charge is 0.0530 e. The molecular weight excluding hydrogens is 324 g/mol. The summed E-state index contributed by atoms with van der Waals surface area (Å²) in [6, 6.07) is 26.4. The molecule has 2 N–H and O–H groups in total. The van der Waals surface area contributed by atoms with Gasteiger partial charge in [0.25, 0.3) is 0 Å². The van der Waals surface area contributed by atoms with Gasteiger partial charge in [0.2, 0.25) is 0 Å². The fourth-order valence-electron chi connectivity index (χ4n) is 2.06. The van der Waals surface area contributed by atoms with Gasteiger partial charge in [-0.05, 0) is 58.4 Å². The van der Waals surface area contributed by atoms with E-state index in [0.29, 0.717) is 0 Å². The van der Waals surface area contributed by atoms with Gasteiger partial charge < -0.3 is 10.6 Å². The number of rotatable bonds is 4. The Kier molecular flexibility index (Phi) is 4.22. The van der Waals surface area contributed by atoms with Crippen LogP contribution in [0.4, 0.5) is 22.7 Å². The Morgan fingerprint density at radius 2 is 1.14 bits per heavy atom. The number of hydrogen-bond acceptors (Lipinski definition) is 2. The first-order chi connectivity index (χ1) is 10.3. The molecule has 0 amide bonds. The lowest BCUT2D eigenvalue weighted by Gasteiger charge is -2.11. The number of anilines is 4. The summed E-state index contributed by atoms with van der Waals surface area (Å²) in [4.78, 5) is 0. The van der Waals surface area contributed by atoms with Gasteiger partial charge in [0, 0.05) is 21.5 Å². The molecule has 0 aromatic heterocycles. The Morgan fingerprint density at radius 3 is 1.71 bits per heavy atom. The third kappa shape index (κ3) is 3.64. The average Bonchev–Trinajstić information content (AvgIpc) is 2.52. The molecule has 0 atom stereocenters. The topological polar surface area (TPSA) is 24.1 Å². The zero-order chi connectivity index (χ0) is 14.5. The summed E-state index contributed by atoms with van der Waals surface area (Å²) in [5.74, 6) is 0. The van der Waals surface area contributed by atoms with Crippen LogP contribution >= 0.6 is 15.9 Å². The summed E-state index contributed by atoms with van der Waals surface area (Å²) in [5.41, 5.74) is 4.24. The molecule has 3 rings (SSSR count). The van der Waals surface area contributed by atoms with Crippen molar-refractivity contribution in [2.75, 3.05) is 10.6 Å². The highest BCUT2D eigenvalue weighted by Crippen LogP contribution is 2.29. The molecule has 0 fully saturated rings. The van der Waals surface area contributed by atoms with Gasteiger partial charge in [-0.1, -0.05) is 36.4 Å². The molecule has 2 nitrogen and oxygen atoms in total. The molecule has 0 saturated carbocycles. The number of halogens is 1. The standard InChI is InChI=1S/C18H15BrN2/c19-17-13-16(20-14-7-3-1-4-8-14)11-12-18(17)21-15-9-5-2-6-10-15/h1-13,20-21H. The van der Waals surface area contributed by atoms with E-state index in [1.54, 1.807) is 0 Å². The second kappa shape index (κ2) is 6.46. The van der Waals surface area contributed by atoms with Crippen molar-refractivity contribution in [2.24, 2.45) is 0 Å². The van der Waals surface area contributed by atoms with E-state index in [-0.39, 0.29) is 0 Å². The maximum absolute atomic E-state index is 3.62. The molecule has 0 unspecified atom stereocenters. The van der Waals surface area contributed by atoms with Crippen molar-refractivity contribution in [1.82, 2.24) is 0 Å². The SMILES string of the molecule is Brc1cc(Nc2ccccc2)ccc1Nc1ccccc1. The Bertz CT molecular complexity index is 712. The summed E-state index contributed by atoms with van der Waals surface area (Å²) in [6.07, 6.45) is 0. The van der Waals surface area contributed by atoms with Crippen LogP contribution in [0.3, 0.4) is 0 Å². The van der Waals surface area contributed by atoms with E-state index in [9.17, 15) is 0 Å². The summed E-state index contributed by atoms with van der Waals surface area (Å²) in [7, 11) is 0. The van der Waals surface area contributed by atoms with E-state index in [1.807, 2.05) is 60.7 Å². The van der Waals surface area contributed by atoms with Crippen molar-refractivity contribution >= 4 is 38.7 Å². The highest BCUT2D eigenvalue weighted by Gasteiger charge is 2.02. The lowest BCUT2D eigenvalue weighted by atomic mass is 10.2. The summed E-state index contributed by atoms with van der Waals surface area (Å²) in [5, 5.41) is 6.77. The molecule has 21 heavy (non-hydrogen) atoms. The quantitative estimate of drug-likeness (QED) is 0.615. The van der Waals surface area contributed by atoms with Gasteiger partial charge in [-0.15, -0.1) is 0 Å². The van der Waals surface area contributed by atoms with Gasteiger partial charge in [0.1, 0.15) is 0 Å². The van der Waals surface area contributed by atoms with E-state index in [4.69, 9.17) is 0 Å². The van der Waals surface area contributed by atoms with Crippen LogP contribution < -0.4 is 10.6 Å². The Morgan fingerprint density at radius 1 is 0.571 bits per heavy atom. The molecule has 0 bridgehead atoms. The van der Waals surface area contributed by atoms with Crippen molar-refractivity contribution < 1.29 is 0 Å². The average molecular weight is 339 g/mol. The Labute approximate surface area is 133 Å². The fraction of sp³-hybridized carbons (Fsp3) is 0. The molecule has 0 saturated heterocycles. The first-order valence-corrected chi connectivity index (χ1v) is 7.54. The van der Waals surface area contributed by atoms with Gasteiger partial charge in [-0.3, -0.25) is 0 Å². The number of para-hydroxylation sites is 2. The third-order valence-electron chi connectivity index (χ3n) is 3.08. The van der Waals surface area contributed by atoms with Crippen molar-refractivity contribution in [3.8, 4) is 0 Å². The molecule has 0 aliphatic rings.